The summed E-state index contributed by atoms with van der Waals surface area (Å²) < 4.78 is 0. The van der Waals surface area contributed by atoms with Gasteiger partial charge in [-0.15, -0.1) is 0 Å². The number of hydrogen-bond donors (Lipinski definition) is 0. The van der Waals surface area contributed by atoms with Crippen molar-refractivity contribution in [2.24, 2.45) is 22.7 Å². The van der Waals surface area contributed by atoms with Crippen LogP contribution in [0, 0.1) is 22.7 Å². The van der Waals surface area contributed by atoms with E-state index in [4.69, 9.17) is 0 Å². The van der Waals surface area contributed by atoms with E-state index in [1.807, 2.05) is 0 Å². The van der Waals surface area contributed by atoms with Crippen molar-refractivity contribution in [2.75, 3.05) is 0 Å². The summed E-state index contributed by atoms with van der Waals surface area (Å²) in [4.78, 5) is 0. The van der Waals surface area contributed by atoms with E-state index in [1.165, 1.54) is 38.5 Å². The van der Waals surface area contributed by atoms with E-state index in [0.717, 1.165) is 11.8 Å². The summed E-state index contributed by atoms with van der Waals surface area (Å²) in [5, 5.41) is 0. The Kier molecular flexibility index (Phi) is 2.44. The first-order valence-corrected chi connectivity index (χ1v) is 6.49. The lowest BCUT2D eigenvalue weighted by Crippen LogP contribution is -2.28. The molecule has 14 heavy (non-hydrogen) atoms. The van der Waals surface area contributed by atoms with Crippen LogP contribution in [0.4, 0.5) is 0 Å². The average molecular weight is 194 g/mol. The van der Waals surface area contributed by atoms with Crippen molar-refractivity contribution in [1.82, 2.24) is 0 Å². The molecule has 0 heteroatoms. The molecule has 2 rings (SSSR count). The average Bonchev–Trinajstić information content (AvgIpc) is 2.37. The van der Waals surface area contributed by atoms with Gasteiger partial charge < -0.3 is 0 Å². The molecule has 0 amide bonds. The van der Waals surface area contributed by atoms with Gasteiger partial charge in [-0.1, -0.05) is 47.0 Å². The van der Waals surface area contributed by atoms with Gasteiger partial charge in [0.15, 0.2) is 0 Å². The van der Waals surface area contributed by atoms with Crippen molar-refractivity contribution < 1.29 is 0 Å². The fraction of sp³-hybridized carbons (Fsp3) is 1.00. The summed E-state index contributed by atoms with van der Waals surface area (Å²) in [6.45, 7) is 9.96. The standard InChI is InChI=1S/C14H26/c1-5-14(4)10-13(2,3)11-8-6-7-9-12(11)14/h11-12H,5-10H2,1-4H3. The lowest BCUT2D eigenvalue weighted by atomic mass is 9.68. The van der Waals surface area contributed by atoms with Gasteiger partial charge in [0.2, 0.25) is 0 Å². The number of fused-ring (bicyclic) bond motifs is 1. The number of rotatable bonds is 1. The lowest BCUT2D eigenvalue weighted by molar-refractivity contribution is 0.124. The quantitative estimate of drug-likeness (QED) is 0.570. The SMILES string of the molecule is CCC1(C)CC(C)(C)C2CCCCC21. The predicted molar refractivity (Wildman–Crippen MR) is 62.2 cm³/mol. The van der Waals surface area contributed by atoms with Crippen LogP contribution in [-0.2, 0) is 0 Å². The fourth-order valence-corrected chi connectivity index (χ4v) is 4.59. The van der Waals surface area contributed by atoms with Gasteiger partial charge in [-0.05, 0) is 41.9 Å². The summed E-state index contributed by atoms with van der Waals surface area (Å²) in [5.41, 5.74) is 1.28. The van der Waals surface area contributed by atoms with Crippen molar-refractivity contribution in [1.29, 1.82) is 0 Å². The van der Waals surface area contributed by atoms with Crippen molar-refractivity contribution in [3.8, 4) is 0 Å². The Balaban J connectivity index is 2.26. The molecule has 0 radical (unpaired) electrons. The summed E-state index contributed by atoms with van der Waals surface area (Å²) in [6.07, 6.45) is 8.85. The molecular weight excluding hydrogens is 168 g/mol. The van der Waals surface area contributed by atoms with Crippen LogP contribution in [0.5, 0.6) is 0 Å². The van der Waals surface area contributed by atoms with Crippen LogP contribution in [0.15, 0.2) is 0 Å². The highest BCUT2D eigenvalue weighted by atomic mass is 14.6. The fourth-order valence-electron chi connectivity index (χ4n) is 4.59. The highest BCUT2D eigenvalue weighted by Gasteiger charge is 2.53. The molecule has 0 aromatic carbocycles. The van der Waals surface area contributed by atoms with Crippen LogP contribution in [0.3, 0.4) is 0 Å². The van der Waals surface area contributed by atoms with Crippen molar-refractivity contribution >= 4 is 0 Å². The van der Waals surface area contributed by atoms with Crippen LogP contribution in [0.25, 0.3) is 0 Å². The smallest absolute Gasteiger partial charge is 0.0292 e. The maximum Gasteiger partial charge on any atom is -0.0292 e. The Morgan fingerprint density at radius 3 is 2.14 bits per heavy atom. The minimum atomic E-state index is 0.621. The summed E-state index contributed by atoms with van der Waals surface area (Å²) in [7, 11) is 0. The Hall–Kier alpha value is 0. The normalized spacial score (nSPS) is 46.3. The van der Waals surface area contributed by atoms with Gasteiger partial charge >= 0.3 is 0 Å². The molecule has 0 aromatic heterocycles. The highest BCUT2D eigenvalue weighted by molar-refractivity contribution is 5.03. The van der Waals surface area contributed by atoms with E-state index in [9.17, 15) is 0 Å². The zero-order chi connectivity index (χ0) is 10.4. The van der Waals surface area contributed by atoms with Gasteiger partial charge in [-0.2, -0.15) is 0 Å². The maximum atomic E-state index is 2.55. The molecule has 82 valence electrons. The van der Waals surface area contributed by atoms with E-state index in [2.05, 4.69) is 27.7 Å². The first-order valence-electron chi connectivity index (χ1n) is 6.49. The molecule has 2 aliphatic rings. The van der Waals surface area contributed by atoms with E-state index >= 15 is 0 Å². The van der Waals surface area contributed by atoms with Crippen LogP contribution < -0.4 is 0 Å². The van der Waals surface area contributed by atoms with Crippen LogP contribution in [0.2, 0.25) is 0 Å². The molecule has 2 fully saturated rings. The minimum absolute atomic E-state index is 0.621. The molecule has 0 bridgehead atoms. The molecule has 0 aromatic rings. The second kappa shape index (κ2) is 3.25. The Labute approximate surface area is 89.5 Å². The van der Waals surface area contributed by atoms with Crippen molar-refractivity contribution in [3.05, 3.63) is 0 Å². The van der Waals surface area contributed by atoms with Crippen LogP contribution in [-0.4, -0.2) is 0 Å². The molecule has 0 saturated heterocycles. The molecule has 3 atom stereocenters. The lowest BCUT2D eigenvalue weighted by Gasteiger charge is -2.37. The van der Waals surface area contributed by atoms with Gasteiger partial charge in [0.25, 0.3) is 0 Å². The monoisotopic (exact) mass is 194 g/mol. The molecule has 0 aliphatic heterocycles. The third kappa shape index (κ3) is 1.42. The van der Waals surface area contributed by atoms with E-state index in [-0.39, 0.29) is 0 Å². The van der Waals surface area contributed by atoms with Crippen LogP contribution in [0.1, 0.15) is 66.2 Å². The molecule has 3 unspecified atom stereocenters. The topological polar surface area (TPSA) is 0 Å². The van der Waals surface area contributed by atoms with E-state index in [1.54, 1.807) is 0 Å². The molecule has 0 heterocycles. The Bertz CT molecular complexity index is 216. The first-order chi connectivity index (χ1) is 6.49. The third-order valence-corrected chi connectivity index (χ3v) is 5.33. The second-order valence-electron chi connectivity index (χ2n) is 6.67. The molecule has 2 saturated carbocycles. The molecule has 0 N–H and O–H groups in total. The second-order valence-corrected chi connectivity index (χ2v) is 6.67. The Morgan fingerprint density at radius 2 is 1.57 bits per heavy atom. The first kappa shape index (κ1) is 10.5. The predicted octanol–water partition coefficient (Wildman–Crippen LogP) is 4.64. The molecular formula is C14H26. The van der Waals surface area contributed by atoms with Gasteiger partial charge in [0, 0.05) is 0 Å². The van der Waals surface area contributed by atoms with E-state index < -0.39 is 0 Å². The van der Waals surface area contributed by atoms with Gasteiger partial charge in [0.05, 0.1) is 0 Å². The van der Waals surface area contributed by atoms with E-state index in [0.29, 0.717) is 10.8 Å². The summed E-state index contributed by atoms with van der Waals surface area (Å²) >= 11 is 0. The Morgan fingerprint density at radius 1 is 1.00 bits per heavy atom. The summed E-state index contributed by atoms with van der Waals surface area (Å²) in [5.74, 6) is 2.07. The molecule has 0 nitrogen and oxygen atoms in total. The zero-order valence-corrected chi connectivity index (χ0v) is 10.4. The maximum absolute atomic E-state index is 2.55. The summed E-state index contributed by atoms with van der Waals surface area (Å²) in [6, 6.07) is 0. The van der Waals surface area contributed by atoms with Crippen molar-refractivity contribution in [3.63, 3.8) is 0 Å². The van der Waals surface area contributed by atoms with Crippen molar-refractivity contribution in [2.45, 2.75) is 66.2 Å². The minimum Gasteiger partial charge on any atom is -0.0649 e. The van der Waals surface area contributed by atoms with Gasteiger partial charge in [0.1, 0.15) is 0 Å². The van der Waals surface area contributed by atoms with Crippen LogP contribution >= 0.6 is 0 Å². The third-order valence-electron chi connectivity index (χ3n) is 5.33. The number of hydrogen-bond acceptors (Lipinski definition) is 0. The van der Waals surface area contributed by atoms with Gasteiger partial charge in [-0.25, -0.2) is 0 Å². The molecule has 2 aliphatic carbocycles. The van der Waals surface area contributed by atoms with Gasteiger partial charge in [-0.3, -0.25) is 0 Å². The molecule has 0 spiro atoms. The largest absolute Gasteiger partial charge is 0.0649 e. The zero-order valence-electron chi connectivity index (χ0n) is 10.4. The highest BCUT2D eigenvalue weighted by Crippen LogP contribution is 2.62.